The van der Waals surface area contributed by atoms with Crippen molar-refractivity contribution in [2.45, 2.75) is 37.9 Å². The minimum atomic E-state index is -0.0337. The summed E-state index contributed by atoms with van der Waals surface area (Å²) >= 11 is 0. The molecule has 136 valence electrons. The number of nitrogens with one attached hydrogen (secondary N) is 3. The van der Waals surface area contributed by atoms with Gasteiger partial charge in [-0.15, -0.1) is 0 Å². The second-order valence-corrected chi connectivity index (χ2v) is 7.13. The summed E-state index contributed by atoms with van der Waals surface area (Å²) in [6.45, 7) is 2.78. The number of piperidine rings is 1. The van der Waals surface area contributed by atoms with Crippen molar-refractivity contribution in [2.24, 2.45) is 5.92 Å². The normalized spacial score (nSPS) is 27.7. The van der Waals surface area contributed by atoms with Crippen molar-refractivity contribution in [3.05, 3.63) is 65.7 Å². The fraction of sp³-hybridized carbons (Fsp3) is 0.381. The Bertz CT molecular complexity index is 765. The van der Waals surface area contributed by atoms with E-state index in [-0.39, 0.29) is 24.0 Å². The van der Waals surface area contributed by atoms with Crippen LogP contribution in [0.25, 0.3) is 0 Å². The summed E-state index contributed by atoms with van der Waals surface area (Å²) in [6, 6.07) is 18.8. The van der Waals surface area contributed by atoms with Crippen molar-refractivity contribution in [3.63, 3.8) is 0 Å². The summed E-state index contributed by atoms with van der Waals surface area (Å²) in [6.07, 6.45) is 1.33. The van der Waals surface area contributed by atoms with E-state index in [1.807, 2.05) is 36.4 Å². The van der Waals surface area contributed by atoms with Crippen LogP contribution >= 0.6 is 0 Å². The standard InChI is InChI=1S/C21H25N3O2/c1-14-20-17(13-19(25)22-21(20)24-23-14)16-9-5-6-10-18(16)26-12-11-15-7-3-2-4-8-15/h2-10,14,17,20-21,23-24H,11-13H2,1H3,(H,22,25). The molecule has 2 aliphatic rings. The highest BCUT2D eigenvalue weighted by molar-refractivity contribution is 5.78. The zero-order chi connectivity index (χ0) is 17.9. The van der Waals surface area contributed by atoms with Crippen molar-refractivity contribution in [3.8, 4) is 5.75 Å². The van der Waals surface area contributed by atoms with E-state index in [1.165, 1.54) is 5.56 Å². The first-order chi connectivity index (χ1) is 12.7. The number of hydrogen-bond acceptors (Lipinski definition) is 4. The van der Waals surface area contributed by atoms with Crippen molar-refractivity contribution in [1.82, 2.24) is 16.2 Å². The Kier molecular flexibility index (Phi) is 4.91. The maximum Gasteiger partial charge on any atom is 0.221 e. The van der Waals surface area contributed by atoms with Gasteiger partial charge in [0.1, 0.15) is 5.75 Å². The van der Waals surface area contributed by atoms with E-state index in [0.29, 0.717) is 18.9 Å². The number of fused-ring (bicyclic) bond motifs is 1. The molecule has 2 aromatic rings. The number of benzene rings is 2. The Hall–Kier alpha value is -2.37. The van der Waals surface area contributed by atoms with Gasteiger partial charge in [-0.1, -0.05) is 48.5 Å². The van der Waals surface area contributed by atoms with Gasteiger partial charge >= 0.3 is 0 Å². The average Bonchev–Trinajstić information content (AvgIpc) is 3.03. The van der Waals surface area contributed by atoms with E-state index in [9.17, 15) is 4.79 Å². The molecule has 4 unspecified atom stereocenters. The smallest absolute Gasteiger partial charge is 0.221 e. The SMILES string of the molecule is CC1NNC2NC(=O)CC(c3ccccc3OCCc3ccccc3)C12. The van der Waals surface area contributed by atoms with Gasteiger partial charge in [0.05, 0.1) is 12.8 Å². The number of rotatable bonds is 5. The minimum Gasteiger partial charge on any atom is -0.493 e. The van der Waals surface area contributed by atoms with Gasteiger partial charge in [-0.05, 0) is 24.1 Å². The van der Waals surface area contributed by atoms with E-state index >= 15 is 0 Å². The van der Waals surface area contributed by atoms with Crippen LogP contribution in [0.4, 0.5) is 0 Å². The molecule has 1 amide bonds. The zero-order valence-electron chi connectivity index (χ0n) is 14.9. The van der Waals surface area contributed by atoms with Gasteiger partial charge in [-0.3, -0.25) is 10.2 Å². The number of amides is 1. The Labute approximate surface area is 154 Å². The fourth-order valence-electron chi connectivity index (χ4n) is 4.14. The third-order valence-corrected chi connectivity index (χ3v) is 5.42. The van der Waals surface area contributed by atoms with Gasteiger partial charge in [0, 0.05) is 30.7 Å². The lowest BCUT2D eigenvalue weighted by Gasteiger charge is -2.35. The molecule has 2 fully saturated rings. The van der Waals surface area contributed by atoms with E-state index in [2.05, 4.69) is 41.3 Å². The quantitative estimate of drug-likeness (QED) is 0.774. The van der Waals surface area contributed by atoms with Crippen LogP contribution in [0.2, 0.25) is 0 Å². The van der Waals surface area contributed by atoms with Gasteiger partial charge in [-0.2, -0.15) is 0 Å². The molecule has 26 heavy (non-hydrogen) atoms. The van der Waals surface area contributed by atoms with Crippen LogP contribution in [0, 0.1) is 5.92 Å². The van der Waals surface area contributed by atoms with Crippen LogP contribution in [0.1, 0.15) is 30.4 Å². The molecule has 5 heteroatoms. The first-order valence-electron chi connectivity index (χ1n) is 9.28. The largest absolute Gasteiger partial charge is 0.493 e. The molecule has 0 saturated carbocycles. The third kappa shape index (κ3) is 3.45. The summed E-state index contributed by atoms with van der Waals surface area (Å²) in [4.78, 5) is 12.2. The van der Waals surface area contributed by atoms with E-state index in [0.717, 1.165) is 17.7 Å². The van der Waals surface area contributed by atoms with Crippen LogP contribution < -0.4 is 20.9 Å². The lowest BCUT2D eigenvalue weighted by atomic mass is 9.76. The van der Waals surface area contributed by atoms with Crippen molar-refractivity contribution < 1.29 is 9.53 Å². The Morgan fingerprint density at radius 3 is 2.65 bits per heavy atom. The van der Waals surface area contributed by atoms with Crippen LogP contribution in [0.15, 0.2) is 54.6 Å². The topological polar surface area (TPSA) is 62.4 Å². The summed E-state index contributed by atoms with van der Waals surface area (Å²) in [5.74, 6) is 1.41. The highest BCUT2D eigenvalue weighted by Gasteiger charge is 2.45. The molecule has 0 aliphatic carbocycles. The lowest BCUT2D eigenvalue weighted by molar-refractivity contribution is -0.125. The van der Waals surface area contributed by atoms with E-state index in [1.54, 1.807) is 0 Å². The predicted octanol–water partition coefficient (Wildman–Crippen LogP) is 2.35. The van der Waals surface area contributed by atoms with Crippen LogP contribution in [0.3, 0.4) is 0 Å². The number of hydrazine groups is 1. The number of carbonyl (C=O) groups excluding carboxylic acids is 1. The number of para-hydroxylation sites is 1. The maximum atomic E-state index is 12.2. The van der Waals surface area contributed by atoms with Crippen LogP contribution in [-0.2, 0) is 11.2 Å². The molecule has 0 spiro atoms. The monoisotopic (exact) mass is 351 g/mol. The van der Waals surface area contributed by atoms with Crippen LogP contribution in [-0.4, -0.2) is 24.7 Å². The lowest BCUT2D eigenvalue weighted by Crippen LogP contribution is -2.52. The third-order valence-electron chi connectivity index (χ3n) is 5.42. The fourth-order valence-corrected chi connectivity index (χ4v) is 4.14. The molecule has 3 N–H and O–H groups in total. The molecule has 2 aliphatic heterocycles. The molecule has 4 rings (SSSR count). The molecule has 2 aromatic carbocycles. The summed E-state index contributed by atoms with van der Waals surface area (Å²) in [5, 5.41) is 3.04. The minimum absolute atomic E-state index is 0.0337. The Morgan fingerprint density at radius 1 is 1.04 bits per heavy atom. The molecule has 4 atom stereocenters. The molecular weight excluding hydrogens is 326 g/mol. The van der Waals surface area contributed by atoms with Gasteiger partial charge in [0.25, 0.3) is 0 Å². The Morgan fingerprint density at radius 2 is 1.81 bits per heavy atom. The highest BCUT2D eigenvalue weighted by Crippen LogP contribution is 2.40. The van der Waals surface area contributed by atoms with Crippen molar-refractivity contribution in [2.75, 3.05) is 6.61 Å². The number of carbonyl (C=O) groups is 1. The highest BCUT2D eigenvalue weighted by atomic mass is 16.5. The first kappa shape index (κ1) is 17.1. The molecule has 0 aromatic heterocycles. The van der Waals surface area contributed by atoms with Gasteiger partial charge in [0.2, 0.25) is 5.91 Å². The zero-order valence-corrected chi connectivity index (χ0v) is 14.9. The van der Waals surface area contributed by atoms with E-state index in [4.69, 9.17) is 4.74 Å². The van der Waals surface area contributed by atoms with Gasteiger partial charge in [0.15, 0.2) is 0 Å². The molecular formula is C21H25N3O2. The molecule has 5 nitrogen and oxygen atoms in total. The molecule has 0 bridgehead atoms. The molecule has 0 radical (unpaired) electrons. The van der Waals surface area contributed by atoms with Crippen LogP contribution in [0.5, 0.6) is 5.75 Å². The van der Waals surface area contributed by atoms with E-state index < -0.39 is 0 Å². The van der Waals surface area contributed by atoms with Crippen molar-refractivity contribution in [1.29, 1.82) is 0 Å². The second kappa shape index (κ2) is 7.48. The van der Waals surface area contributed by atoms with Gasteiger partial charge in [-0.25, -0.2) is 5.43 Å². The summed E-state index contributed by atoms with van der Waals surface area (Å²) in [5.41, 5.74) is 8.85. The van der Waals surface area contributed by atoms with Gasteiger partial charge < -0.3 is 10.1 Å². The second-order valence-electron chi connectivity index (χ2n) is 7.13. The first-order valence-corrected chi connectivity index (χ1v) is 9.28. The average molecular weight is 351 g/mol. The number of hydrogen-bond donors (Lipinski definition) is 3. The maximum absolute atomic E-state index is 12.2. The van der Waals surface area contributed by atoms with Crippen molar-refractivity contribution >= 4 is 5.91 Å². The molecule has 2 heterocycles. The summed E-state index contributed by atoms with van der Waals surface area (Å²) in [7, 11) is 0. The predicted molar refractivity (Wildman–Crippen MR) is 101 cm³/mol. The number of ether oxygens (including phenoxy) is 1. The Balaban J connectivity index is 1.52. The molecule has 2 saturated heterocycles. The summed E-state index contributed by atoms with van der Waals surface area (Å²) < 4.78 is 6.14.